The predicted octanol–water partition coefficient (Wildman–Crippen LogP) is 4.63. The molecule has 14 heteroatoms. The summed E-state index contributed by atoms with van der Waals surface area (Å²) in [6, 6.07) is 3.83. The molecule has 1 heterocycles. The van der Waals surface area contributed by atoms with Crippen LogP contribution in [0.2, 0.25) is 0 Å². The van der Waals surface area contributed by atoms with E-state index in [-0.39, 0.29) is 35.3 Å². The number of ketones is 1. The molecule has 4 atom stereocenters. The standard InChI is InChI=1S/C32H48N4O9S/c1-7-11-28(37)29(38)27(19-24-12-9-8-10-13-24)34-23(3)18-25-20-36(21-33-25,46(41,42)26-16-14-22(2)15-17-26)30(39)35-31(40)45-32(4,43-5)44-6/h14-17,20-21,23-24,27,29,34,38H,7-13,18-19H2,1-6H3/p+1/t23-,27+,29?,36?/m1/s1. The molecule has 2 unspecified atom stereocenters. The molecule has 46 heavy (non-hydrogen) atoms. The Morgan fingerprint density at radius 3 is 2.33 bits per heavy atom. The average Bonchev–Trinajstić information content (AvgIpc) is 3.46. The Morgan fingerprint density at radius 1 is 1.11 bits per heavy atom. The molecule has 1 fully saturated rings. The number of urea groups is 1. The summed E-state index contributed by atoms with van der Waals surface area (Å²) in [5, 5.41) is 16.4. The predicted molar refractivity (Wildman–Crippen MR) is 171 cm³/mol. The van der Waals surface area contributed by atoms with E-state index in [0.29, 0.717) is 18.8 Å². The summed E-state index contributed by atoms with van der Waals surface area (Å²) in [5.41, 5.74) is 1.06. The lowest BCUT2D eigenvalue weighted by atomic mass is 9.82. The zero-order valence-electron chi connectivity index (χ0n) is 27.7. The quantitative estimate of drug-likeness (QED) is 0.177. The smallest absolute Gasteiger partial charge is 0.391 e. The monoisotopic (exact) mass is 665 g/mol. The van der Waals surface area contributed by atoms with Crippen molar-refractivity contribution in [3.63, 3.8) is 0 Å². The van der Waals surface area contributed by atoms with Gasteiger partial charge in [-0.2, -0.15) is 8.42 Å². The van der Waals surface area contributed by atoms with Gasteiger partial charge in [-0.25, -0.2) is 19.9 Å². The third-order valence-electron chi connectivity index (χ3n) is 8.53. The number of hydrogen-bond acceptors (Lipinski definition) is 11. The van der Waals surface area contributed by atoms with E-state index in [4.69, 9.17) is 14.2 Å². The molecule has 3 rings (SSSR count). The number of rotatable bonds is 15. The van der Waals surface area contributed by atoms with Gasteiger partial charge in [0.1, 0.15) is 22.9 Å². The Labute approximate surface area is 272 Å². The van der Waals surface area contributed by atoms with Gasteiger partial charge in [0, 0.05) is 46.1 Å². The lowest BCUT2D eigenvalue weighted by Gasteiger charge is -2.31. The van der Waals surface area contributed by atoms with Crippen LogP contribution in [-0.4, -0.2) is 80.0 Å². The summed E-state index contributed by atoms with van der Waals surface area (Å²) < 4.78 is 41.7. The summed E-state index contributed by atoms with van der Waals surface area (Å²) in [6.45, 7) is 6.82. The van der Waals surface area contributed by atoms with Crippen LogP contribution in [-0.2, 0) is 29.0 Å². The lowest BCUT2D eigenvalue weighted by molar-refractivity contribution is -0.541. The van der Waals surface area contributed by atoms with Crippen molar-refractivity contribution in [3.8, 4) is 0 Å². The number of aliphatic hydroxyl groups excluding tert-OH is 1. The van der Waals surface area contributed by atoms with Crippen molar-refractivity contribution in [2.75, 3.05) is 14.2 Å². The molecule has 1 aliphatic heterocycles. The molecule has 13 nitrogen and oxygen atoms in total. The van der Waals surface area contributed by atoms with Crippen LogP contribution in [0.25, 0.3) is 0 Å². The van der Waals surface area contributed by atoms with Crippen molar-refractivity contribution in [3.05, 3.63) is 41.7 Å². The second-order valence-electron chi connectivity index (χ2n) is 12.2. The molecule has 1 aliphatic carbocycles. The number of sulfonamides is 1. The number of methoxy groups -OCH3 is 2. The number of nitrogens with one attached hydrogen (secondary N) is 2. The van der Waals surface area contributed by atoms with Crippen LogP contribution in [0.3, 0.4) is 0 Å². The van der Waals surface area contributed by atoms with Gasteiger partial charge < -0.3 is 24.6 Å². The number of alkyl carbamates (subject to hydrolysis) is 1. The molecule has 0 saturated heterocycles. The van der Waals surface area contributed by atoms with Crippen molar-refractivity contribution in [1.82, 2.24) is 10.6 Å². The van der Waals surface area contributed by atoms with E-state index in [0.717, 1.165) is 43.8 Å². The zero-order valence-corrected chi connectivity index (χ0v) is 28.5. The SMILES string of the molecule is CCCC(=O)C(O)[C@H](CC1CCCCC1)N[C@H](C)CC1=C[N+](C(=O)NC(=O)OC(C)(OC)OC)(S(=O)(=O)c2ccc(C)cc2)C=N1. The molecule has 3 N–H and O–H groups in total. The molecule has 256 valence electrons. The third kappa shape index (κ3) is 9.07. The number of aryl methyl sites for hydroxylation is 1. The number of Topliss-reactive ketones (excluding diaryl/α,β-unsaturated/α-hetero) is 1. The van der Waals surface area contributed by atoms with Crippen LogP contribution in [0, 0.1) is 12.8 Å². The van der Waals surface area contributed by atoms with E-state index < -0.39 is 44.2 Å². The van der Waals surface area contributed by atoms with Crippen LogP contribution in [0.4, 0.5) is 9.59 Å². The second-order valence-corrected chi connectivity index (χ2v) is 14.3. The number of benzene rings is 1. The molecular formula is C32H49N4O9S+. The van der Waals surface area contributed by atoms with Crippen molar-refractivity contribution >= 4 is 34.3 Å². The highest BCUT2D eigenvalue weighted by atomic mass is 32.2. The molecule has 1 saturated carbocycles. The van der Waals surface area contributed by atoms with Gasteiger partial charge in [-0.15, -0.1) is 0 Å². The first-order valence-corrected chi connectivity index (χ1v) is 17.2. The fourth-order valence-electron chi connectivity index (χ4n) is 5.75. The number of quaternary nitrogens is 1. The van der Waals surface area contributed by atoms with Gasteiger partial charge >= 0.3 is 28.1 Å². The molecule has 3 amide bonds. The maximum Gasteiger partial charge on any atom is 0.452 e. The number of hydrogen-bond donors (Lipinski definition) is 3. The van der Waals surface area contributed by atoms with Crippen molar-refractivity contribution in [2.45, 2.75) is 115 Å². The average molecular weight is 666 g/mol. The fraction of sp³-hybridized carbons (Fsp3) is 0.625. The third-order valence-corrected chi connectivity index (χ3v) is 10.6. The number of ether oxygens (including phenoxy) is 3. The summed E-state index contributed by atoms with van der Waals surface area (Å²) in [6.07, 6.45) is 6.85. The highest BCUT2D eigenvalue weighted by Crippen LogP contribution is 2.32. The minimum atomic E-state index is -4.53. The first-order valence-electron chi connectivity index (χ1n) is 15.8. The summed E-state index contributed by atoms with van der Waals surface area (Å²) in [5.74, 6) is -1.66. The fourth-order valence-corrected chi connectivity index (χ4v) is 7.28. The Balaban J connectivity index is 1.89. The Hall–Kier alpha value is -3.01. The summed E-state index contributed by atoms with van der Waals surface area (Å²) in [4.78, 5) is 43.2. The first-order chi connectivity index (χ1) is 21.7. The largest absolute Gasteiger partial charge is 0.452 e. The molecule has 0 spiro atoms. The van der Waals surface area contributed by atoms with Crippen LogP contribution in [0.1, 0.15) is 84.1 Å². The molecule has 0 bridgehead atoms. The Bertz CT molecular complexity index is 1390. The molecule has 2 aliphatic rings. The van der Waals surface area contributed by atoms with Gasteiger partial charge in [-0.1, -0.05) is 60.6 Å². The number of imide groups is 1. The number of amides is 3. The van der Waals surface area contributed by atoms with E-state index in [1.165, 1.54) is 39.7 Å². The van der Waals surface area contributed by atoms with E-state index in [1.807, 2.05) is 19.2 Å². The van der Waals surface area contributed by atoms with Gasteiger partial charge in [0.2, 0.25) is 6.34 Å². The molecule has 0 aromatic heterocycles. The summed E-state index contributed by atoms with van der Waals surface area (Å²) >= 11 is 0. The van der Waals surface area contributed by atoms with Gasteiger partial charge in [-0.05, 0) is 44.7 Å². The Kier molecular flexibility index (Phi) is 13.2. The molecule has 1 aromatic rings. The maximum absolute atomic E-state index is 14.0. The number of aliphatic imine (C=N–C) groups is 1. The number of carbonyl (C=O) groups is 3. The number of nitrogens with zero attached hydrogens (tertiary/aromatic N) is 2. The van der Waals surface area contributed by atoms with E-state index in [2.05, 4.69) is 10.3 Å². The maximum atomic E-state index is 14.0. The first kappa shape index (κ1) is 37.4. The van der Waals surface area contributed by atoms with E-state index in [9.17, 15) is 27.9 Å². The van der Waals surface area contributed by atoms with Gasteiger partial charge in [0.25, 0.3) is 0 Å². The summed E-state index contributed by atoms with van der Waals surface area (Å²) in [7, 11) is -2.08. The molecule has 1 aromatic carbocycles. The second kappa shape index (κ2) is 16.2. The number of carbonyl (C=O) groups excluding carboxylic acids is 3. The lowest BCUT2D eigenvalue weighted by Crippen LogP contribution is -2.57. The minimum Gasteiger partial charge on any atom is -0.391 e. The van der Waals surface area contributed by atoms with Crippen molar-refractivity contribution in [1.29, 1.82) is 0 Å². The minimum absolute atomic E-state index is 0.166. The highest BCUT2D eigenvalue weighted by Gasteiger charge is 2.53. The van der Waals surface area contributed by atoms with E-state index in [1.54, 1.807) is 19.1 Å². The van der Waals surface area contributed by atoms with Gasteiger partial charge in [0.05, 0.1) is 0 Å². The molecular weight excluding hydrogens is 616 g/mol. The van der Waals surface area contributed by atoms with E-state index >= 15 is 0 Å². The Morgan fingerprint density at radius 2 is 1.74 bits per heavy atom. The van der Waals surface area contributed by atoms with Gasteiger partial charge in [-0.3, -0.25) is 4.79 Å². The molecule has 0 radical (unpaired) electrons. The number of aliphatic hydroxyl groups is 1. The zero-order chi connectivity index (χ0) is 34.1. The van der Waals surface area contributed by atoms with Gasteiger partial charge in [0.15, 0.2) is 5.78 Å². The topological polar surface area (TPSA) is 170 Å². The highest BCUT2D eigenvalue weighted by molar-refractivity contribution is 7.86. The van der Waals surface area contributed by atoms with Crippen LogP contribution >= 0.6 is 0 Å². The van der Waals surface area contributed by atoms with Crippen LogP contribution < -0.4 is 10.6 Å². The van der Waals surface area contributed by atoms with Crippen molar-refractivity contribution in [2.24, 2.45) is 10.9 Å². The van der Waals surface area contributed by atoms with Crippen LogP contribution in [0.5, 0.6) is 0 Å². The van der Waals surface area contributed by atoms with Crippen LogP contribution in [0.15, 0.2) is 46.1 Å². The van der Waals surface area contributed by atoms with Crippen molar-refractivity contribution < 1.29 is 46.0 Å². The normalized spacial score (nSPS) is 20.9.